The van der Waals surface area contributed by atoms with Crippen LogP contribution >= 0.6 is 0 Å². The minimum Gasteiger partial charge on any atom is -0.464 e. The van der Waals surface area contributed by atoms with Crippen molar-refractivity contribution in [1.82, 2.24) is 9.88 Å². The van der Waals surface area contributed by atoms with Crippen molar-refractivity contribution in [3.63, 3.8) is 0 Å². The van der Waals surface area contributed by atoms with Gasteiger partial charge in [0.2, 0.25) is 0 Å². The molecular weight excluding hydrogens is 304 g/mol. The highest BCUT2D eigenvalue weighted by Gasteiger charge is 2.31. The number of carbonyl (C=O) groups is 2. The average molecular weight is 324 g/mol. The second kappa shape index (κ2) is 6.83. The fourth-order valence-electron chi connectivity index (χ4n) is 3.24. The molecule has 1 atom stereocenters. The summed E-state index contributed by atoms with van der Waals surface area (Å²) in [6, 6.07) is 11.4. The van der Waals surface area contributed by atoms with Crippen LogP contribution in [0.5, 0.6) is 0 Å². The molecule has 5 nitrogen and oxygen atoms in total. The second-order valence-electron chi connectivity index (χ2n) is 5.93. The Labute approximate surface area is 141 Å². The van der Waals surface area contributed by atoms with Crippen LogP contribution < -0.4 is 0 Å². The molecule has 5 heteroatoms. The lowest BCUT2D eigenvalue weighted by molar-refractivity contribution is 0.0594. The molecule has 1 aromatic heterocycles. The first-order valence-corrected chi connectivity index (χ1v) is 8.02. The number of pyridine rings is 1. The number of esters is 1. The van der Waals surface area contributed by atoms with Crippen molar-refractivity contribution < 1.29 is 14.3 Å². The number of methoxy groups -OCH3 is 1. The molecule has 1 fully saturated rings. The Hall–Kier alpha value is -2.69. The molecule has 1 amide bonds. The van der Waals surface area contributed by atoms with Crippen molar-refractivity contribution in [3.8, 4) is 0 Å². The third-order valence-electron chi connectivity index (χ3n) is 4.46. The van der Waals surface area contributed by atoms with Gasteiger partial charge in [0, 0.05) is 18.3 Å². The molecule has 1 aliphatic heterocycles. The Kier molecular flexibility index (Phi) is 4.60. The summed E-state index contributed by atoms with van der Waals surface area (Å²) in [5.74, 6) is -0.616. The molecule has 24 heavy (non-hydrogen) atoms. The van der Waals surface area contributed by atoms with Crippen LogP contribution in [-0.2, 0) is 4.74 Å². The smallest absolute Gasteiger partial charge is 0.356 e. The SMILES string of the molecule is COC(=O)c1cc(C(=O)N2CCC[C@H]2c2ccccc2C)ccn1. The van der Waals surface area contributed by atoms with Crippen molar-refractivity contribution in [1.29, 1.82) is 0 Å². The van der Waals surface area contributed by atoms with Gasteiger partial charge in [-0.3, -0.25) is 4.79 Å². The molecule has 124 valence electrons. The van der Waals surface area contributed by atoms with Crippen molar-refractivity contribution >= 4 is 11.9 Å². The molecule has 0 unspecified atom stereocenters. The van der Waals surface area contributed by atoms with E-state index in [4.69, 9.17) is 0 Å². The summed E-state index contributed by atoms with van der Waals surface area (Å²) in [5.41, 5.74) is 2.98. The van der Waals surface area contributed by atoms with Crippen molar-refractivity contribution in [2.45, 2.75) is 25.8 Å². The van der Waals surface area contributed by atoms with Crippen molar-refractivity contribution in [3.05, 3.63) is 65.0 Å². The number of aromatic nitrogens is 1. The number of hydrogen-bond acceptors (Lipinski definition) is 4. The summed E-state index contributed by atoms with van der Waals surface area (Å²) < 4.78 is 4.68. The van der Waals surface area contributed by atoms with Gasteiger partial charge in [0.05, 0.1) is 13.2 Å². The zero-order chi connectivity index (χ0) is 17.1. The molecule has 3 rings (SSSR count). The van der Waals surface area contributed by atoms with Gasteiger partial charge < -0.3 is 9.64 Å². The summed E-state index contributed by atoms with van der Waals surface area (Å²) in [5, 5.41) is 0. The van der Waals surface area contributed by atoms with Crippen LogP contribution in [0, 0.1) is 6.92 Å². The molecule has 1 saturated heterocycles. The molecule has 0 radical (unpaired) electrons. The monoisotopic (exact) mass is 324 g/mol. The molecule has 0 spiro atoms. The topological polar surface area (TPSA) is 59.5 Å². The Balaban J connectivity index is 1.89. The number of likely N-dealkylation sites (tertiary alicyclic amines) is 1. The standard InChI is InChI=1S/C19H20N2O3/c1-13-6-3-4-7-15(13)17-8-5-11-21(17)18(22)14-9-10-20-16(12-14)19(23)24-2/h3-4,6-7,9-10,12,17H,5,8,11H2,1-2H3/t17-/m0/s1. The third-order valence-corrected chi connectivity index (χ3v) is 4.46. The Morgan fingerprint density at radius 3 is 2.79 bits per heavy atom. The van der Waals surface area contributed by atoms with Crippen molar-refractivity contribution in [2.24, 2.45) is 0 Å². The first-order valence-electron chi connectivity index (χ1n) is 8.02. The molecule has 2 aromatic rings. The number of rotatable bonds is 3. The molecule has 0 saturated carbocycles. The zero-order valence-corrected chi connectivity index (χ0v) is 13.9. The van der Waals surface area contributed by atoms with Gasteiger partial charge in [-0.1, -0.05) is 24.3 Å². The van der Waals surface area contributed by atoms with Crippen LogP contribution in [0.15, 0.2) is 42.6 Å². The largest absolute Gasteiger partial charge is 0.464 e. The summed E-state index contributed by atoms with van der Waals surface area (Å²) in [6.45, 7) is 2.78. The Morgan fingerprint density at radius 1 is 1.25 bits per heavy atom. The van der Waals surface area contributed by atoms with Gasteiger partial charge in [-0.25, -0.2) is 9.78 Å². The zero-order valence-electron chi connectivity index (χ0n) is 13.9. The van der Waals surface area contributed by atoms with Crippen LogP contribution in [0.1, 0.15) is 50.9 Å². The van der Waals surface area contributed by atoms with Gasteiger partial charge >= 0.3 is 5.97 Å². The third kappa shape index (κ3) is 3.02. The molecule has 0 bridgehead atoms. The normalized spacial score (nSPS) is 16.9. The number of carbonyl (C=O) groups excluding carboxylic acids is 2. The van der Waals surface area contributed by atoms with Crippen LogP contribution in [-0.4, -0.2) is 35.4 Å². The van der Waals surface area contributed by atoms with Gasteiger partial charge in [0.15, 0.2) is 0 Å². The van der Waals surface area contributed by atoms with E-state index in [0.717, 1.165) is 12.8 Å². The van der Waals surface area contributed by atoms with Crippen LogP contribution in [0.25, 0.3) is 0 Å². The van der Waals surface area contributed by atoms with Crippen LogP contribution in [0.4, 0.5) is 0 Å². The number of hydrogen-bond donors (Lipinski definition) is 0. The molecule has 0 aliphatic carbocycles. The predicted octanol–water partition coefficient (Wildman–Crippen LogP) is 3.15. The first-order chi connectivity index (χ1) is 11.6. The summed E-state index contributed by atoms with van der Waals surface area (Å²) in [7, 11) is 1.30. The van der Waals surface area contributed by atoms with Gasteiger partial charge in [0.1, 0.15) is 5.69 Å². The highest BCUT2D eigenvalue weighted by Crippen LogP contribution is 2.34. The minimum absolute atomic E-state index is 0.0756. The van der Waals surface area contributed by atoms with Gasteiger partial charge in [0.25, 0.3) is 5.91 Å². The number of amides is 1. The first kappa shape index (κ1) is 16.2. The van der Waals surface area contributed by atoms with E-state index < -0.39 is 5.97 Å². The lowest BCUT2D eigenvalue weighted by Gasteiger charge is -2.26. The quantitative estimate of drug-likeness (QED) is 0.814. The highest BCUT2D eigenvalue weighted by atomic mass is 16.5. The van der Waals surface area contributed by atoms with Gasteiger partial charge in [-0.15, -0.1) is 0 Å². The van der Waals surface area contributed by atoms with Gasteiger partial charge in [-0.05, 0) is 43.0 Å². The maximum atomic E-state index is 13.0. The van der Waals surface area contributed by atoms with E-state index in [9.17, 15) is 9.59 Å². The summed E-state index contributed by atoms with van der Waals surface area (Å²) in [6.07, 6.45) is 3.39. The van der Waals surface area contributed by atoms with E-state index in [0.29, 0.717) is 12.1 Å². The molecule has 2 heterocycles. The lowest BCUT2D eigenvalue weighted by Crippen LogP contribution is -2.31. The van der Waals surface area contributed by atoms with Crippen molar-refractivity contribution in [2.75, 3.05) is 13.7 Å². The number of aryl methyl sites for hydroxylation is 1. The minimum atomic E-state index is -0.540. The maximum Gasteiger partial charge on any atom is 0.356 e. The Bertz CT molecular complexity index is 773. The second-order valence-corrected chi connectivity index (χ2v) is 5.93. The Morgan fingerprint density at radius 2 is 2.04 bits per heavy atom. The average Bonchev–Trinajstić information content (AvgIpc) is 3.10. The van der Waals surface area contributed by atoms with Crippen LogP contribution in [0.2, 0.25) is 0 Å². The molecule has 0 N–H and O–H groups in total. The summed E-state index contributed by atoms with van der Waals surface area (Å²) >= 11 is 0. The van der Waals surface area contributed by atoms with E-state index in [-0.39, 0.29) is 17.6 Å². The molecule has 1 aliphatic rings. The van der Waals surface area contributed by atoms with Gasteiger partial charge in [-0.2, -0.15) is 0 Å². The lowest BCUT2D eigenvalue weighted by atomic mass is 9.99. The fourth-order valence-corrected chi connectivity index (χ4v) is 3.24. The van der Waals surface area contributed by atoms with E-state index in [1.54, 1.807) is 6.07 Å². The highest BCUT2D eigenvalue weighted by molar-refractivity contribution is 5.97. The van der Waals surface area contributed by atoms with E-state index in [1.165, 1.54) is 30.5 Å². The van der Waals surface area contributed by atoms with Crippen LogP contribution in [0.3, 0.4) is 0 Å². The van der Waals surface area contributed by atoms with E-state index in [2.05, 4.69) is 28.8 Å². The number of ether oxygens (including phenoxy) is 1. The number of benzene rings is 1. The molecule has 1 aromatic carbocycles. The van der Waals surface area contributed by atoms with E-state index >= 15 is 0 Å². The predicted molar refractivity (Wildman–Crippen MR) is 89.8 cm³/mol. The van der Waals surface area contributed by atoms with E-state index in [1.807, 2.05) is 17.0 Å². The molecular formula is C19H20N2O3. The number of nitrogens with zero attached hydrogens (tertiary/aromatic N) is 2. The fraction of sp³-hybridized carbons (Fsp3) is 0.316. The summed E-state index contributed by atoms with van der Waals surface area (Å²) in [4.78, 5) is 30.4. The maximum absolute atomic E-state index is 13.0.